The molecule has 16 heavy (non-hydrogen) atoms. The molecule has 0 aliphatic heterocycles. The van der Waals surface area contributed by atoms with Crippen molar-refractivity contribution in [3.05, 3.63) is 29.8 Å². The Hall–Kier alpha value is -1.31. The fourth-order valence-electron chi connectivity index (χ4n) is 1.72. The standard InChI is InChI=1S/C14H20O2/c1-10(2)16-14-7-5-6-13(9-14)11(3)8-12(4)15/h5-7,9-11H,8H2,1-4H3. The number of hydrogen-bond acceptors (Lipinski definition) is 2. The summed E-state index contributed by atoms with van der Waals surface area (Å²) in [5.41, 5.74) is 1.16. The molecule has 0 saturated heterocycles. The summed E-state index contributed by atoms with van der Waals surface area (Å²) in [7, 11) is 0. The van der Waals surface area contributed by atoms with Crippen LogP contribution in [0.25, 0.3) is 0 Å². The van der Waals surface area contributed by atoms with Gasteiger partial charge in [0.15, 0.2) is 0 Å². The topological polar surface area (TPSA) is 26.3 Å². The van der Waals surface area contributed by atoms with Crippen LogP contribution in [0.15, 0.2) is 24.3 Å². The molecule has 88 valence electrons. The van der Waals surface area contributed by atoms with Crippen LogP contribution in [0.4, 0.5) is 0 Å². The Morgan fingerprint density at radius 1 is 1.31 bits per heavy atom. The van der Waals surface area contributed by atoms with Gasteiger partial charge in [0.25, 0.3) is 0 Å². The molecule has 0 heterocycles. The fourth-order valence-corrected chi connectivity index (χ4v) is 1.72. The molecule has 0 aliphatic carbocycles. The molecule has 1 unspecified atom stereocenters. The molecule has 0 radical (unpaired) electrons. The van der Waals surface area contributed by atoms with Gasteiger partial charge in [-0.15, -0.1) is 0 Å². The minimum Gasteiger partial charge on any atom is -0.491 e. The minimum absolute atomic E-state index is 0.179. The highest BCUT2D eigenvalue weighted by molar-refractivity contribution is 5.76. The van der Waals surface area contributed by atoms with Crippen LogP contribution in [0, 0.1) is 0 Å². The second kappa shape index (κ2) is 5.69. The highest BCUT2D eigenvalue weighted by atomic mass is 16.5. The zero-order valence-electron chi connectivity index (χ0n) is 10.5. The molecule has 1 rings (SSSR count). The number of ether oxygens (including phenoxy) is 1. The largest absolute Gasteiger partial charge is 0.491 e. The van der Waals surface area contributed by atoms with Gasteiger partial charge in [0.2, 0.25) is 0 Å². The van der Waals surface area contributed by atoms with Gasteiger partial charge in [-0.25, -0.2) is 0 Å². The third-order valence-corrected chi connectivity index (χ3v) is 2.39. The SMILES string of the molecule is CC(=O)CC(C)c1cccc(OC(C)C)c1. The lowest BCUT2D eigenvalue weighted by Crippen LogP contribution is -2.06. The predicted molar refractivity (Wildman–Crippen MR) is 65.9 cm³/mol. The first kappa shape index (κ1) is 12.8. The van der Waals surface area contributed by atoms with Gasteiger partial charge in [-0.3, -0.25) is 0 Å². The maximum absolute atomic E-state index is 11.1. The third-order valence-electron chi connectivity index (χ3n) is 2.39. The van der Waals surface area contributed by atoms with Gasteiger partial charge in [0, 0.05) is 6.42 Å². The number of benzene rings is 1. The molecule has 0 fully saturated rings. The normalized spacial score (nSPS) is 12.6. The van der Waals surface area contributed by atoms with E-state index in [2.05, 4.69) is 6.92 Å². The molecule has 0 bridgehead atoms. The molecular weight excluding hydrogens is 200 g/mol. The molecule has 2 nitrogen and oxygen atoms in total. The molecule has 1 atom stereocenters. The summed E-state index contributed by atoms with van der Waals surface area (Å²) in [4.78, 5) is 11.1. The van der Waals surface area contributed by atoms with Crippen molar-refractivity contribution in [2.24, 2.45) is 0 Å². The van der Waals surface area contributed by atoms with Crippen molar-refractivity contribution in [3.63, 3.8) is 0 Å². The number of carbonyl (C=O) groups excluding carboxylic acids is 1. The van der Waals surface area contributed by atoms with Crippen LogP contribution in [-0.4, -0.2) is 11.9 Å². The molecule has 0 saturated carbocycles. The van der Waals surface area contributed by atoms with E-state index < -0.39 is 0 Å². The molecule has 0 aromatic heterocycles. The van der Waals surface area contributed by atoms with Gasteiger partial charge >= 0.3 is 0 Å². The lowest BCUT2D eigenvalue weighted by Gasteiger charge is -2.14. The minimum atomic E-state index is 0.179. The van der Waals surface area contributed by atoms with Crippen LogP contribution in [0.1, 0.15) is 45.6 Å². The first-order valence-electron chi connectivity index (χ1n) is 5.75. The first-order chi connectivity index (χ1) is 7.49. The number of rotatable bonds is 5. The molecule has 2 heteroatoms. The Morgan fingerprint density at radius 2 is 2.00 bits per heavy atom. The lowest BCUT2D eigenvalue weighted by atomic mass is 9.96. The van der Waals surface area contributed by atoms with E-state index in [9.17, 15) is 4.79 Å². The Bertz CT molecular complexity index is 356. The van der Waals surface area contributed by atoms with E-state index in [-0.39, 0.29) is 17.8 Å². The quantitative estimate of drug-likeness (QED) is 0.758. The zero-order valence-corrected chi connectivity index (χ0v) is 10.5. The molecule has 0 spiro atoms. The van der Waals surface area contributed by atoms with Gasteiger partial charge in [0.1, 0.15) is 11.5 Å². The number of Topliss-reactive ketones (excluding diaryl/α,β-unsaturated/α-hetero) is 1. The summed E-state index contributed by atoms with van der Waals surface area (Å²) in [6.45, 7) is 7.71. The number of carbonyl (C=O) groups is 1. The number of ketones is 1. The van der Waals surface area contributed by atoms with Crippen LogP contribution >= 0.6 is 0 Å². The molecule has 1 aromatic rings. The molecule has 1 aromatic carbocycles. The first-order valence-corrected chi connectivity index (χ1v) is 5.75. The lowest BCUT2D eigenvalue weighted by molar-refractivity contribution is -0.117. The second-order valence-electron chi connectivity index (χ2n) is 4.55. The summed E-state index contributed by atoms with van der Waals surface area (Å²) in [6, 6.07) is 7.99. The van der Waals surface area contributed by atoms with Crippen molar-refractivity contribution in [1.29, 1.82) is 0 Å². The van der Waals surface area contributed by atoms with Crippen molar-refractivity contribution >= 4 is 5.78 Å². The van der Waals surface area contributed by atoms with Gasteiger partial charge in [0.05, 0.1) is 6.10 Å². The highest BCUT2D eigenvalue weighted by Crippen LogP contribution is 2.23. The Labute approximate surface area is 97.6 Å². The van der Waals surface area contributed by atoms with Crippen LogP contribution in [0.2, 0.25) is 0 Å². The predicted octanol–water partition coefficient (Wildman–Crippen LogP) is 3.56. The van der Waals surface area contributed by atoms with Gasteiger partial charge in [-0.05, 0) is 44.4 Å². The van der Waals surface area contributed by atoms with Crippen molar-refractivity contribution in [2.75, 3.05) is 0 Å². The highest BCUT2D eigenvalue weighted by Gasteiger charge is 2.09. The van der Waals surface area contributed by atoms with Gasteiger partial charge < -0.3 is 9.53 Å². The van der Waals surface area contributed by atoms with E-state index in [1.807, 2.05) is 38.1 Å². The van der Waals surface area contributed by atoms with Crippen molar-refractivity contribution in [3.8, 4) is 5.75 Å². The van der Waals surface area contributed by atoms with Crippen molar-refractivity contribution < 1.29 is 9.53 Å². The van der Waals surface area contributed by atoms with Crippen LogP contribution in [0.5, 0.6) is 5.75 Å². The Kier molecular flexibility index (Phi) is 4.53. The Morgan fingerprint density at radius 3 is 2.56 bits per heavy atom. The van der Waals surface area contributed by atoms with E-state index >= 15 is 0 Å². The Balaban J connectivity index is 2.77. The average Bonchev–Trinajstić information content (AvgIpc) is 2.16. The maximum Gasteiger partial charge on any atom is 0.130 e. The average molecular weight is 220 g/mol. The van der Waals surface area contributed by atoms with Gasteiger partial charge in [-0.1, -0.05) is 19.1 Å². The molecule has 0 amide bonds. The summed E-state index contributed by atoms with van der Waals surface area (Å²) in [6.07, 6.45) is 0.767. The van der Waals surface area contributed by atoms with E-state index in [1.54, 1.807) is 6.92 Å². The van der Waals surface area contributed by atoms with E-state index in [4.69, 9.17) is 4.74 Å². The maximum atomic E-state index is 11.1. The summed E-state index contributed by atoms with van der Waals surface area (Å²) in [5.74, 6) is 1.36. The fraction of sp³-hybridized carbons (Fsp3) is 0.500. The van der Waals surface area contributed by atoms with Crippen LogP contribution < -0.4 is 4.74 Å². The van der Waals surface area contributed by atoms with Gasteiger partial charge in [-0.2, -0.15) is 0 Å². The van der Waals surface area contributed by atoms with Crippen LogP contribution in [-0.2, 0) is 4.79 Å². The monoisotopic (exact) mass is 220 g/mol. The van der Waals surface area contributed by atoms with Crippen molar-refractivity contribution in [1.82, 2.24) is 0 Å². The molecule has 0 N–H and O–H groups in total. The summed E-state index contributed by atoms with van der Waals surface area (Å²) < 4.78 is 5.63. The summed E-state index contributed by atoms with van der Waals surface area (Å²) in [5, 5.41) is 0. The van der Waals surface area contributed by atoms with E-state index in [1.165, 1.54) is 0 Å². The smallest absolute Gasteiger partial charge is 0.130 e. The number of hydrogen-bond donors (Lipinski definition) is 0. The van der Waals surface area contributed by atoms with E-state index in [0.717, 1.165) is 11.3 Å². The van der Waals surface area contributed by atoms with Crippen LogP contribution in [0.3, 0.4) is 0 Å². The molecule has 0 aliphatic rings. The second-order valence-corrected chi connectivity index (χ2v) is 4.55. The molecular formula is C14H20O2. The van der Waals surface area contributed by atoms with Crippen molar-refractivity contribution in [2.45, 2.75) is 46.1 Å². The third kappa shape index (κ3) is 4.05. The van der Waals surface area contributed by atoms with E-state index in [0.29, 0.717) is 6.42 Å². The summed E-state index contributed by atoms with van der Waals surface area (Å²) >= 11 is 0. The zero-order chi connectivity index (χ0) is 12.1.